The van der Waals surface area contributed by atoms with Crippen molar-refractivity contribution in [1.82, 2.24) is 5.43 Å². The first-order chi connectivity index (χ1) is 6.25. The van der Waals surface area contributed by atoms with Crippen LogP contribution in [0, 0.1) is 5.82 Å². The summed E-state index contributed by atoms with van der Waals surface area (Å²) in [5.41, 5.74) is 3.71. The van der Waals surface area contributed by atoms with Crippen molar-refractivity contribution in [3.8, 4) is 0 Å². The maximum Gasteiger partial charge on any atom is 0.125 e. The first-order valence-electron chi connectivity index (χ1n) is 3.99. The summed E-state index contributed by atoms with van der Waals surface area (Å²) in [6.07, 6.45) is 2.54. The molecule has 0 bridgehead atoms. The first-order valence-corrected chi connectivity index (χ1v) is 4.36. The molecule has 0 aromatic heterocycles. The van der Waals surface area contributed by atoms with Gasteiger partial charge in [-0.15, -0.1) is 0 Å². The van der Waals surface area contributed by atoms with Crippen LogP contribution >= 0.6 is 11.6 Å². The molecule has 0 aliphatic carbocycles. The van der Waals surface area contributed by atoms with Gasteiger partial charge in [0.1, 0.15) is 5.82 Å². The molecule has 1 aliphatic heterocycles. The monoisotopic (exact) mass is 198 g/mol. The van der Waals surface area contributed by atoms with Crippen LogP contribution in [-0.4, -0.2) is 6.21 Å². The summed E-state index contributed by atoms with van der Waals surface area (Å²) in [5.74, 6) is -0.309. The lowest BCUT2D eigenvalue weighted by atomic mass is 10.1. The fourth-order valence-electron chi connectivity index (χ4n) is 1.34. The average Bonchev–Trinajstić information content (AvgIpc) is 2.53. The molecule has 0 amide bonds. The Morgan fingerprint density at radius 1 is 1.46 bits per heavy atom. The SMILES string of the molecule is Fc1cc(Cl)cc(C2CC=NN2)c1. The zero-order valence-corrected chi connectivity index (χ0v) is 7.55. The molecule has 1 atom stereocenters. The van der Waals surface area contributed by atoms with Crippen LogP contribution in [0.3, 0.4) is 0 Å². The van der Waals surface area contributed by atoms with Crippen molar-refractivity contribution in [1.29, 1.82) is 0 Å². The molecule has 0 saturated heterocycles. The second kappa shape index (κ2) is 3.34. The molecular weight excluding hydrogens is 191 g/mol. The van der Waals surface area contributed by atoms with E-state index in [0.717, 1.165) is 12.0 Å². The van der Waals surface area contributed by atoms with Crippen molar-refractivity contribution in [3.05, 3.63) is 34.6 Å². The molecule has 1 aromatic rings. The molecule has 0 spiro atoms. The van der Waals surface area contributed by atoms with Gasteiger partial charge in [0.2, 0.25) is 0 Å². The third-order valence-electron chi connectivity index (χ3n) is 1.95. The molecule has 13 heavy (non-hydrogen) atoms. The average molecular weight is 199 g/mol. The fourth-order valence-corrected chi connectivity index (χ4v) is 1.57. The van der Waals surface area contributed by atoms with E-state index in [-0.39, 0.29) is 11.9 Å². The largest absolute Gasteiger partial charge is 0.303 e. The predicted octanol–water partition coefficient (Wildman–Crippen LogP) is 2.50. The number of hydrogen-bond donors (Lipinski definition) is 1. The van der Waals surface area contributed by atoms with Crippen LogP contribution in [0.5, 0.6) is 0 Å². The summed E-state index contributed by atoms with van der Waals surface area (Å²) in [6, 6.07) is 4.57. The van der Waals surface area contributed by atoms with Crippen LogP contribution in [0.1, 0.15) is 18.0 Å². The standard InChI is InChI=1S/C9H8ClFN2/c10-7-3-6(4-8(11)5-7)9-1-2-12-13-9/h2-5,9,13H,1H2. The number of hydrogen-bond acceptors (Lipinski definition) is 2. The van der Waals surface area contributed by atoms with Crippen molar-refractivity contribution in [3.63, 3.8) is 0 Å². The third kappa shape index (κ3) is 1.80. The van der Waals surface area contributed by atoms with E-state index in [9.17, 15) is 4.39 Å². The second-order valence-corrected chi connectivity index (χ2v) is 3.37. The minimum atomic E-state index is -0.309. The Bertz CT molecular complexity index is 323. The van der Waals surface area contributed by atoms with Gasteiger partial charge in [0.05, 0.1) is 6.04 Å². The van der Waals surface area contributed by atoms with Gasteiger partial charge in [0, 0.05) is 17.7 Å². The Morgan fingerprint density at radius 3 is 2.92 bits per heavy atom. The van der Waals surface area contributed by atoms with Crippen molar-refractivity contribution in [2.45, 2.75) is 12.5 Å². The molecule has 4 heteroatoms. The van der Waals surface area contributed by atoms with Crippen LogP contribution in [0.4, 0.5) is 4.39 Å². The summed E-state index contributed by atoms with van der Waals surface area (Å²) in [6.45, 7) is 0. The maximum atomic E-state index is 12.9. The molecule has 1 aromatic carbocycles. The molecule has 1 aliphatic rings. The summed E-state index contributed by atoms with van der Waals surface area (Å²) in [5, 5.41) is 4.28. The van der Waals surface area contributed by atoms with Gasteiger partial charge < -0.3 is 5.43 Å². The van der Waals surface area contributed by atoms with Crippen LogP contribution in [0.25, 0.3) is 0 Å². The highest BCUT2D eigenvalue weighted by molar-refractivity contribution is 6.30. The van der Waals surface area contributed by atoms with E-state index in [4.69, 9.17) is 11.6 Å². The smallest absolute Gasteiger partial charge is 0.125 e. The fraction of sp³-hybridized carbons (Fsp3) is 0.222. The summed E-state index contributed by atoms with van der Waals surface area (Å²) in [4.78, 5) is 0. The van der Waals surface area contributed by atoms with E-state index >= 15 is 0 Å². The maximum absolute atomic E-state index is 12.9. The normalized spacial score (nSPS) is 20.3. The molecular formula is C9H8ClFN2. The molecule has 1 N–H and O–H groups in total. The zero-order chi connectivity index (χ0) is 9.26. The van der Waals surface area contributed by atoms with Crippen molar-refractivity contribution in [2.75, 3.05) is 0 Å². The lowest BCUT2D eigenvalue weighted by molar-refractivity contribution is 0.596. The Kier molecular flexibility index (Phi) is 2.19. The zero-order valence-electron chi connectivity index (χ0n) is 6.80. The van der Waals surface area contributed by atoms with E-state index in [1.807, 2.05) is 0 Å². The van der Waals surface area contributed by atoms with Crippen LogP contribution in [0.2, 0.25) is 5.02 Å². The Balaban J connectivity index is 2.29. The number of nitrogens with one attached hydrogen (secondary N) is 1. The van der Waals surface area contributed by atoms with Crippen LogP contribution in [0.15, 0.2) is 23.3 Å². The van der Waals surface area contributed by atoms with Gasteiger partial charge in [-0.05, 0) is 23.8 Å². The van der Waals surface area contributed by atoms with Gasteiger partial charge in [-0.2, -0.15) is 5.10 Å². The van der Waals surface area contributed by atoms with Crippen LogP contribution in [-0.2, 0) is 0 Å². The summed E-state index contributed by atoms with van der Waals surface area (Å²) >= 11 is 5.72. The Labute approximate surface area is 80.4 Å². The first kappa shape index (κ1) is 8.51. The minimum absolute atomic E-state index is 0.0631. The number of benzene rings is 1. The highest BCUT2D eigenvalue weighted by Gasteiger charge is 2.14. The second-order valence-electron chi connectivity index (χ2n) is 2.93. The molecule has 1 unspecified atom stereocenters. The number of hydrazone groups is 1. The molecule has 68 valence electrons. The molecule has 1 heterocycles. The van der Waals surface area contributed by atoms with E-state index in [1.165, 1.54) is 12.1 Å². The topological polar surface area (TPSA) is 24.4 Å². The highest BCUT2D eigenvalue weighted by Crippen LogP contribution is 2.23. The van der Waals surface area contributed by atoms with Crippen molar-refractivity contribution >= 4 is 17.8 Å². The minimum Gasteiger partial charge on any atom is -0.303 e. The van der Waals surface area contributed by atoms with Crippen molar-refractivity contribution < 1.29 is 4.39 Å². The third-order valence-corrected chi connectivity index (χ3v) is 2.17. The number of rotatable bonds is 1. The summed E-state index contributed by atoms with van der Waals surface area (Å²) < 4.78 is 12.9. The number of halogens is 2. The Hall–Kier alpha value is -1.09. The lowest BCUT2D eigenvalue weighted by Crippen LogP contribution is -2.09. The summed E-state index contributed by atoms with van der Waals surface area (Å²) in [7, 11) is 0. The van der Waals surface area contributed by atoms with E-state index in [1.54, 1.807) is 12.3 Å². The van der Waals surface area contributed by atoms with Crippen molar-refractivity contribution in [2.24, 2.45) is 5.10 Å². The van der Waals surface area contributed by atoms with Gasteiger partial charge in [-0.3, -0.25) is 0 Å². The van der Waals surface area contributed by atoms with Gasteiger partial charge in [-0.25, -0.2) is 4.39 Å². The van der Waals surface area contributed by atoms with Crippen LogP contribution < -0.4 is 5.43 Å². The number of nitrogens with zero attached hydrogens (tertiary/aromatic N) is 1. The van der Waals surface area contributed by atoms with Gasteiger partial charge in [0.25, 0.3) is 0 Å². The van der Waals surface area contributed by atoms with E-state index in [0.29, 0.717) is 5.02 Å². The van der Waals surface area contributed by atoms with E-state index in [2.05, 4.69) is 10.5 Å². The Morgan fingerprint density at radius 2 is 2.31 bits per heavy atom. The van der Waals surface area contributed by atoms with Gasteiger partial charge >= 0.3 is 0 Å². The molecule has 0 saturated carbocycles. The molecule has 0 radical (unpaired) electrons. The van der Waals surface area contributed by atoms with Gasteiger partial charge in [-0.1, -0.05) is 11.6 Å². The predicted molar refractivity (Wildman–Crippen MR) is 50.4 cm³/mol. The lowest BCUT2D eigenvalue weighted by Gasteiger charge is -2.09. The highest BCUT2D eigenvalue weighted by atomic mass is 35.5. The molecule has 0 fully saturated rings. The van der Waals surface area contributed by atoms with Gasteiger partial charge in [0.15, 0.2) is 0 Å². The molecule has 2 rings (SSSR count). The molecule has 2 nitrogen and oxygen atoms in total. The van der Waals surface area contributed by atoms with E-state index < -0.39 is 0 Å². The quantitative estimate of drug-likeness (QED) is 0.737.